The SMILES string of the molecule is CCCCCCCCCC(=O)O[C@@H](COC(=O)CCCCCCCCCCCCCCCCCCC(C)C)COC(=O)CCCCCCCCC(C)C. The summed E-state index contributed by atoms with van der Waals surface area (Å²) in [6.45, 7) is 11.2. The molecule has 0 radical (unpaired) electrons. The zero-order valence-electron chi connectivity index (χ0n) is 36.1. The second-order valence-corrected chi connectivity index (χ2v) is 17.0. The molecule has 0 bridgehead atoms. The molecule has 0 amide bonds. The third kappa shape index (κ3) is 41.4. The van der Waals surface area contributed by atoms with Crippen LogP contribution in [0.5, 0.6) is 0 Å². The van der Waals surface area contributed by atoms with Crippen molar-refractivity contribution in [1.82, 2.24) is 0 Å². The Morgan fingerprint density at radius 3 is 0.925 bits per heavy atom. The van der Waals surface area contributed by atoms with Crippen LogP contribution in [0.2, 0.25) is 0 Å². The van der Waals surface area contributed by atoms with Crippen LogP contribution in [0.15, 0.2) is 0 Å². The summed E-state index contributed by atoms with van der Waals surface area (Å²) in [7, 11) is 0. The maximum atomic E-state index is 12.6. The van der Waals surface area contributed by atoms with Crippen LogP contribution >= 0.6 is 0 Å². The van der Waals surface area contributed by atoms with Crippen LogP contribution in [-0.4, -0.2) is 37.2 Å². The van der Waals surface area contributed by atoms with Gasteiger partial charge in [-0.15, -0.1) is 0 Å². The monoisotopic (exact) mass is 751 g/mol. The number of unbranched alkanes of at least 4 members (excludes halogenated alkanes) is 26. The number of rotatable bonds is 41. The highest BCUT2D eigenvalue weighted by Gasteiger charge is 2.19. The molecule has 1 atom stereocenters. The first kappa shape index (κ1) is 51.4. The van der Waals surface area contributed by atoms with Crippen molar-refractivity contribution in [2.75, 3.05) is 13.2 Å². The molecule has 6 heteroatoms. The van der Waals surface area contributed by atoms with Crippen molar-refractivity contribution >= 4 is 17.9 Å². The number of esters is 3. The van der Waals surface area contributed by atoms with Gasteiger partial charge >= 0.3 is 17.9 Å². The van der Waals surface area contributed by atoms with Gasteiger partial charge in [0.1, 0.15) is 13.2 Å². The molecule has 0 aliphatic heterocycles. The average Bonchev–Trinajstić information content (AvgIpc) is 3.12. The number of hydrogen-bond acceptors (Lipinski definition) is 6. The molecule has 0 saturated carbocycles. The van der Waals surface area contributed by atoms with E-state index >= 15 is 0 Å². The van der Waals surface area contributed by atoms with E-state index in [4.69, 9.17) is 14.2 Å². The summed E-state index contributed by atoms with van der Waals surface area (Å²) in [6.07, 6.45) is 38.3. The number of carbonyl (C=O) groups is 3. The summed E-state index contributed by atoms with van der Waals surface area (Å²) in [5.74, 6) is 0.749. The molecular weight excluding hydrogens is 661 g/mol. The van der Waals surface area contributed by atoms with E-state index in [1.807, 2.05) is 0 Å². The molecule has 0 saturated heterocycles. The minimum Gasteiger partial charge on any atom is -0.462 e. The summed E-state index contributed by atoms with van der Waals surface area (Å²) in [5.41, 5.74) is 0. The molecule has 6 nitrogen and oxygen atoms in total. The van der Waals surface area contributed by atoms with E-state index < -0.39 is 6.10 Å². The van der Waals surface area contributed by atoms with Gasteiger partial charge in [0.2, 0.25) is 0 Å². The molecule has 53 heavy (non-hydrogen) atoms. The van der Waals surface area contributed by atoms with Gasteiger partial charge in [0.25, 0.3) is 0 Å². The van der Waals surface area contributed by atoms with Gasteiger partial charge in [0.15, 0.2) is 6.10 Å². The second-order valence-electron chi connectivity index (χ2n) is 17.0. The molecule has 0 unspecified atom stereocenters. The van der Waals surface area contributed by atoms with Gasteiger partial charge in [-0.2, -0.15) is 0 Å². The third-order valence-corrected chi connectivity index (χ3v) is 10.5. The van der Waals surface area contributed by atoms with Crippen LogP contribution in [0, 0.1) is 11.8 Å². The molecule has 314 valence electrons. The van der Waals surface area contributed by atoms with Crippen molar-refractivity contribution < 1.29 is 28.6 Å². The van der Waals surface area contributed by atoms with Gasteiger partial charge in [-0.1, -0.05) is 214 Å². The van der Waals surface area contributed by atoms with Crippen LogP contribution < -0.4 is 0 Å². The van der Waals surface area contributed by atoms with Crippen molar-refractivity contribution in [2.24, 2.45) is 11.8 Å². The lowest BCUT2D eigenvalue weighted by Crippen LogP contribution is -2.30. The second kappa shape index (κ2) is 40.1. The first-order valence-electron chi connectivity index (χ1n) is 23.2. The van der Waals surface area contributed by atoms with Gasteiger partial charge in [-0.3, -0.25) is 14.4 Å². The van der Waals surface area contributed by atoms with Crippen LogP contribution in [0.3, 0.4) is 0 Å². The normalized spacial score (nSPS) is 12.1. The molecule has 0 fully saturated rings. The highest BCUT2D eigenvalue weighted by molar-refractivity contribution is 5.71. The molecule has 0 aromatic rings. The molecular formula is C47H90O6. The summed E-state index contributed by atoms with van der Waals surface area (Å²) >= 11 is 0. The van der Waals surface area contributed by atoms with Crippen molar-refractivity contribution in [2.45, 2.75) is 259 Å². The van der Waals surface area contributed by atoms with E-state index in [1.165, 1.54) is 141 Å². The fraction of sp³-hybridized carbons (Fsp3) is 0.936. The summed E-state index contributed by atoms with van der Waals surface area (Å²) in [4.78, 5) is 37.5. The van der Waals surface area contributed by atoms with Crippen molar-refractivity contribution in [1.29, 1.82) is 0 Å². The van der Waals surface area contributed by atoms with Gasteiger partial charge in [-0.05, 0) is 31.1 Å². The van der Waals surface area contributed by atoms with Crippen molar-refractivity contribution in [3.8, 4) is 0 Å². The standard InChI is InChI=1S/C47H90O6/c1-6-7-8-9-20-29-34-39-47(50)53-44(41-52-46(49)38-33-28-24-23-26-31-36-43(4)5)40-51-45(48)37-32-27-22-19-17-15-13-11-10-12-14-16-18-21-25-30-35-42(2)3/h42-44H,6-41H2,1-5H3/t44-/m0/s1. The van der Waals surface area contributed by atoms with Gasteiger partial charge < -0.3 is 14.2 Å². The summed E-state index contributed by atoms with van der Waals surface area (Å²) < 4.78 is 16.6. The van der Waals surface area contributed by atoms with E-state index in [2.05, 4.69) is 34.6 Å². The maximum Gasteiger partial charge on any atom is 0.306 e. The number of hydrogen-bond donors (Lipinski definition) is 0. The van der Waals surface area contributed by atoms with Gasteiger partial charge in [0.05, 0.1) is 0 Å². The highest BCUT2D eigenvalue weighted by Crippen LogP contribution is 2.17. The minimum atomic E-state index is -0.759. The summed E-state index contributed by atoms with van der Waals surface area (Å²) in [5, 5.41) is 0. The Labute approximate surface area is 329 Å². The van der Waals surface area contributed by atoms with Crippen LogP contribution in [0.1, 0.15) is 253 Å². The fourth-order valence-electron chi connectivity index (χ4n) is 6.93. The largest absolute Gasteiger partial charge is 0.462 e. The van der Waals surface area contributed by atoms with Crippen LogP contribution in [0.25, 0.3) is 0 Å². The van der Waals surface area contributed by atoms with Crippen LogP contribution in [-0.2, 0) is 28.6 Å². The molecule has 0 aliphatic carbocycles. The Bertz CT molecular complexity index is 809. The van der Waals surface area contributed by atoms with E-state index in [-0.39, 0.29) is 31.1 Å². The van der Waals surface area contributed by atoms with Gasteiger partial charge in [-0.25, -0.2) is 0 Å². The zero-order chi connectivity index (χ0) is 39.0. The Balaban J connectivity index is 4.13. The smallest absolute Gasteiger partial charge is 0.306 e. The molecule has 0 rings (SSSR count). The number of carbonyl (C=O) groups excluding carboxylic acids is 3. The van der Waals surface area contributed by atoms with E-state index in [1.54, 1.807) is 0 Å². The molecule has 0 N–H and O–H groups in total. The average molecular weight is 751 g/mol. The van der Waals surface area contributed by atoms with Crippen molar-refractivity contribution in [3.63, 3.8) is 0 Å². The molecule has 0 heterocycles. The van der Waals surface area contributed by atoms with Crippen molar-refractivity contribution in [3.05, 3.63) is 0 Å². The minimum absolute atomic E-state index is 0.0658. The predicted octanol–water partition coefficient (Wildman–Crippen LogP) is 14.6. The first-order chi connectivity index (χ1) is 25.7. The van der Waals surface area contributed by atoms with E-state index in [0.717, 1.165) is 69.6 Å². The third-order valence-electron chi connectivity index (χ3n) is 10.5. The summed E-state index contributed by atoms with van der Waals surface area (Å²) in [6, 6.07) is 0. The zero-order valence-corrected chi connectivity index (χ0v) is 36.1. The lowest BCUT2D eigenvalue weighted by atomic mass is 10.0. The molecule has 0 spiro atoms. The number of ether oxygens (including phenoxy) is 3. The Hall–Kier alpha value is -1.59. The Kier molecular flexibility index (Phi) is 38.9. The lowest BCUT2D eigenvalue weighted by Gasteiger charge is -2.18. The first-order valence-corrected chi connectivity index (χ1v) is 23.2. The Morgan fingerprint density at radius 2 is 0.623 bits per heavy atom. The lowest BCUT2D eigenvalue weighted by molar-refractivity contribution is -0.167. The van der Waals surface area contributed by atoms with E-state index in [9.17, 15) is 14.4 Å². The predicted molar refractivity (Wildman–Crippen MR) is 224 cm³/mol. The molecule has 0 aromatic heterocycles. The van der Waals surface area contributed by atoms with Gasteiger partial charge in [0, 0.05) is 19.3 Å². The van der Waals surface area contributed by atoms with Crippen LogP contribution in [0.4, 0.5) is 0 Å². The topological polar surface area (TPSA) is 78.9 Å². The molecule has 0 aromatic carbocycles. The van der Waals surface area contributed by atoms with E-state index in [0.29, 0.717) is 19.3 Å². The quantitative estimate of drug-likeness (QED) is 0.0352. The maximum absolute atomic E-state index is 12.6. The fourth-order valence-corrected chi connectivity index (χ4v) is 6.93. The highest BCUT2D eigenvalue weighted by atomic mass is 16.6. The Morgan fingerprint density at radius 1 is 0.358 bits per heavy atom. The molecule has 0 aliphatic rings.